The predicted molar refractivity (Wildman–Crippen MR) is 86.6 cm³/mol. The summed E-state index contributed by atoms with van der Waals surface area (Å²) in [6, 6.07) is 2.53. The van der Waals surface area contributed by atoms with Gasteiger partial charge in [0.05, 0.1) is 12.2 Å². The maximum absolute atomic E-state index is 10.2. The highest BCUT2D eigenvalue weighted by Gasteiger charge is 2.55. The molecule has 2 aliphatic rings. The van der Waals surface area contributed by atoms with Crippen molar-refractivity contribution < 1.29 is 9.84 Å². The molecule has 0 radical (unpaired) electrons. The lowest BCUT2D eigenvalue weighted by Gasteiger charge is -2.58. The molecule has 2 saturated carbocycles. The van der Waals surface area contributed by atoms with Crippen molar-refractivity contribution in [3.8, 4) is 0 Å². The number of aliphatic hydroxyl groups excluding tert-OH is 1. The van der Waals surface area contributed by atoms with Crippen molar-refractivity contribution in [1.29, 1.82) is 0 Å². The van der Waals surface area contributed by atoms with Crippen LogP contribution in [0.15, 0.2) is 16.8 Å². The van der Waals surface area contributed by atoms with E-state index in [4.69, 9.17) is 4.74 Å². The van der Waals surface area contributed by atoms with Gasteiger partial charge < -0.3 is 15.2 Å². The van der Waals surface area contributed by atoms with Gasteiger partial charge in [-0.3, -0.25) is 0 Å². The van der Waals surface area contributed by atoms with Gasteiger partial charge in [-0.05, 0) is 48.6 Å². The zero-order valence-electron chi connectivity index (χ0n) is 12.9. The Morgan fingerprint density at radius 1 is 1.43 bits per heavy atom. The van der Waals surface area contributed by atoms with Gasteiger partial charge in [-0.25, -0.2) is 0 Å². The fraction of sp³-hybridized carbons (Fsp3) is 0.765. The van der Waals surface area contributed by atoms with Gasteiger partial charge in [0.15, 0.2) is 0 Å². The van der Waals surface area contributed by atoms with Crippen LogP contribution in [0.2, 0.25) is 0 Å². The summed E-state index contributed by atoms with van der Waals surface area (Å²) in [7, 11) is 0. The van der Waals surface area contributed by atoms with Crippen molar-refractivity contribution in [3.05, 3.63) is 22.4 Å². The van der Waals surface area contributed by atoms with Crippen LogP contribution in [0.3, 0.4) is 0 Å². The molecule has 4 heteroatoms. The van der Waals surface area contributed by atoms with Gasteiger partial charge in [0.25, 0.3) is 0 Å². The SMILES string of the molecule is CCOC1CC(NCC(O)c2ccsc2)C12CCCCC2. The molecule has 3 unspecified atom stereocenters. The zero-order valence-corrected chi connectivity index (χ0v) is 13.7. The summed E-state index contributed by atoms with van der Waals surface area (Å²) in [6.07, 6.45) is 7.73. The molecule has 0 bridgehead atoms. The highest BCUT2D eigenvalue weighted by atomic mass is 32.1. The first-order chi connectivity index (χ1) is 10.3. The molecule has 118 valence electrons. The Morgan fingerprint density at radius 3 is 2.90 bits per heavy atom. The van der Waals surface area contributed by atoms with Crippen molar-refractivity contribution >= 4 is 11.3 Å². The maximum Gasteiger partial charge on any atom is 0.0922 e. The van der Waals surface area contributed by atoms with Crippen LogP contribution in [0, 0.1) is 5.41 Å². The van der Waals surface area contributed by atoms with E-state index in [0.717, 1.165) is 18.6 Å². The summed E-state index contributed by atoms with van der Waals surface area (Å²) in [4.78, 5) is 0. The first-order valence-corrected chi connectivity index (χ1v) is 9.25. The first kappa shape index (κ1) is 15.5. The molecule has 1 aromatic rings. The molecule has 0 aliphatic heterocycles. The fourth-order valence-corrected chi connectivity index (χ4v) is 4.89. The van der Waals surface area contributed by atoms with Crippen LogP contribution >= 0.6 is 11.3 Å². The topological polar surface area (TPSA) is 41.5 Å². The summed E-state index contributed by atoms with van der Waals surface area (Å²) in [5.41, 5.74) is 1.37. The van der Waals surface area contributed by atoms with Gasteiger partial charge in [0, 0.05) is 24.6 Å². The summed E-state index contributed by atoms with van der Waals surface area (Å²) < 4.78 is 5.98. The van der Waals surface area contributed by atoms with E-state index < -0.39 is 0 Å². The Hall–Kier alpha value is -0.420. The molecule has 1 heterocycles. The molecule has 3 rings (SSSR count). The van der Waals surface area contributed by atoms with Crippen LogP contribution in [-0.2, 0) is 4.74 Å². The molecule has 0 amide bonds. The van der Waals surface area contributed by atoms with E-state index in [2.05, 4.69) is 12.2 Å². The van der Waals surface area contributed by atoms with Crippen LogP contribution in [0.4, 0.5) is 0 Å². The minimum atomic E-state index is -0.386. The molecule has 21 heavy (non-hydrogen) atoms. The van der Waals surface area contributed by atoms with Gasteiger partial charge >= 0.3 is 0 Å². The van der Waals surface area contributed by atoms with Gasteiger partial charge in [0.1, 0.15) is 0 Å². The molecular weight excluding hydrogens is 282 g/mol. The predicted octanol–water partition coefficient (Wildman–Crippen LogP) is 3.50. The molecule has 3 atom stereocenters. The molecule has 0 saturated heterocycles. The number of ether oxygens (including phenoxy) is 1. The zero-order chi connectivity index (χ0) is 14.7. The average molecular weight is 309 g/mol. The molecule has 2 N–H and O–H groups in total. The number of rotatable bonds is 6. The van der Waals surface area contributed by atoms with E-state index in [1.165, 1.54) is 32.1 Å². The first-order valence-electron chi connectivity index (χ1n) is 8.31. The second-order valence-electron chi connectivity index (χ2n) is 6.51. The quantitative estimate of drug-likeness (QED) is 0.845. The van der Waals surface area contributed by atoms with E-state index >= 15 is 0 Å². The van der Waals surface area contributed by atoms with Crippen molar-refractivity contribution in [1.82, 2.24) is 5.32 Å². The third-order valence-electron chi connectivity index (χ3n) is 5.42. The Kier molecular flexibility index (Phi) is 4.99. The Balaban J connectivity index is 1.57. The summed E-state index contributed by atoms with van der Waals surface area (Å²) in [6.45, 7) is 3.57. The Labute approximate surface area is 131 Å². The number of thiophene rings is 1. The highest BCUT2D eigenvalue weighted by Crippen LogP contribution is 2.53. The number of hydrogen-bond donors (Lipinski definition) is 2. The van der Waals surface area contributed by atoms with E-state index in [-0.39, 0.29) is 6.10 Å². The van der Waals surface area contributed by atoms with Crippen molar-refractivity contribution in [3.63, 3.8) is 0 Å². The van der Waals surface area contributed by atoms with Gasteiger partial charge in [0.2, 0.25) is 0 Å². The highest BCUT2D eigenvalue weighted by molar-refractivity contribution is 7.07. The number of nitrogens with one attached hydrogen (secondary N) is 1. The second-order valence-corrected chi connectivity index (χ2v) is 7.29. The summed E-state index contributed by atoms with van der Waals surface area (Å²) >= 11 is 1.64. The van der Waals surface area contributed by atoms with Crippen LogP contribution in [0.1, 0.15) is 57.1 Å². The number of aliphatic hydroxyl groups is 1. The third-order valence-corrected chi connectivity index (χ3v) is 6.12. The van der Waals surface area contributed by atoms with Crippen LogP contribution in [0.25, 0.3) is 0 Å². The Morgan fingerprint density at radius 2 is 2.24 bits per heavy atom. The molecule has 2 fully saturated rings. The molecular formula is C17H27NO2S. The van der Waals surface area contributed by atoms with Gasteiger partial charge in [-0.1, -0.05) is 19.3 Å². The van der Waals surface area contributed by atoms with E-state index in [1.807, 2.05) is 16.8 Å². The second kappa shape index (κ2) is 6.78. The van der Waals surface area contributed by atoms with E-state index in [9.17, 15) is 5.11 Å². The van der Waals surface area contributed by atoms with E-state index in [0.29, 0.717) is 24.1 Å². The molecule has 1 aromatic heterocycles. The van der Waals surface area contributed by atoms with Crippen LogP contribution in [0.5, 0.6) is 0 Å². The molecule has 0 aromatic carbocycles. The largest absolute Gasteiger partial charge is 0.387 e. The lowest BCUT2D eigenvalue weighted by molar-refractivity contribution is -0.151. The molecule has 2 aliphatic carbocycles. The van der Waals surface area contributed by atoms with Crippen molar-refractivity contribution in [2.45, 2.75) is 63.7 Å². The third kappa shape index (κ3) is 3.04. The minimum Gasteiger partial charge on any atom is -0.387 e. The smallest absolute Gasteiger partial charge is 0.0922 e. The maximum atomic E-state index is 10.2. The normalized spacial score (nSPS) is 29.2. The van der Waals surface area contributed by atoms with Crippen LogP contribution < -0.4 is 5.32 Å². The van der Waals surface area contributed by atoms with Gasteiger partial charge in [-0.2, -0.15) is 11.3 Å². The standard InChI is InChI=1S/C17H27NO2S/c1-2-20-16-10-15(17(16)7-4-3-5-8-17)18-11-14(19)13-6-9-21-12-13/h6,9,12,14-16,18-19H,2-5,7-8,10-11H2,1H3. The van der Waals surface area contributed by atoms with E-state index in [1.54, 1.807) is 11.3 Å². The van der Waals surface area contributed by atoms with Crippen molar-refractivity contribution in [2.24, 2.45) is 5.41 Å². The Bertz CT molecular complexity index is 428. The fourth-order valence-electron chi connectivity index (χ4n) is 4.19. The molecule has 3 nitrogen and oxygen atoms in total. The number of hydrogen-bond acceptors (Lipinski definition) is 4. The van der Waals surface area contributed by atoms with Crippen LogP contribution in [-0.4, -0.2) is 30.4 Å². The van der Waals surface area contributed by atoms with Gasteiger partial charge in [-0.15, -0.1) is 0 Å². The average Bonchev–Trinajstić information content (AvgIpc) is 3.05. The molecule has 1 spiro atoms. The minimum absolute atomic E-state index is 0.336. The summed E-state index contributed by atoms with van der Waals surface area (Å²) in [5.74, 6) is 0. The van der Waals surface area contributed by atoms with Crippen molar-refractivity contribution in [2.75, 3.05) is 13.2 Å². The summed E-state index contributed by atoms with van der Waals surface area (Å²) in [5, 5.41) is 17.9. The lowest BCUT2D eigenvalue weighted by Crippen LogP contribution is -2.64. The monoisotopic (exact) mass is 309 g/mol. The lowest BCUT2D eigenvalue weighted by atomic mass is 9.55.